The van der Waals surface area contributed by atoms with Crippen molar-refractivity contribution in [3.63, 3.8) is 0 Å². The van der Waals surface area contributed by atoms with Gasteiger partial charge < -0.3 is 9.84 Å². The summed E-state index contributed by atoms with van der Waals surface area (Å²) in [5.41, 5.74) is 0.581. The maximum atomic E-state index is 10.3. The third-order valence-corrected chi connectivity index (χ3v) is 2.48. The summed E-state index contributed by atoms with van der Waals surface area (Å²) in [6.45, 7) is 2.58. The van der Waals surface area contributed by atoms with Crippen molar-refractivity contribution in [2.24, 2.45) is 0 Å². The Balaban J connectivity index is 2.40. The number of aliphatic hydroxyl groups is 1. The number of aliphatic hydroxyl groups excluding tert-OH is 1. The van der Waals surface area contributed by atoms with Gasteiger partial charge in [0.25, 0.3) is 0 Å². The van der Waals surface area contributed by atoms with Crippen LogP contribution in [0.3, 0.4) is 0 Å². The number of pyridine rings is 1. The van der Waals surface area contributed by atoms with Gasteiger partial charge in [-0.05, 0) is 19.1 Å². The van der Waals surface area contributed by atoms with Gasteiger partial charge in [-0.1, -0.05) is 0 Å². The lowest BCUT2D eigenvalue weighted by Gasteiger charge is -2.13. The minimum Gasteiger partial charge on any atom is -0.481 e. The first-order valence-corrected chi connectivity index (χ1v) is 5.32. The van der Waals surface area contributed by atoms with Gasteiger partial charge in [0.2, 0.25) is 5.88 Å². The van der Waals surface area contributed by atoms with Crippen LogP contribution < -0.4 is 4.74 Å². The van der Waals surface area contributed by atoms with Gasteiger partial charge >= 0.3 is 0 Å². The summed E-state index contributed by atoms with van der Waals surface area (Å²) in [5, 5.41) is 14.3. The fourth-order valence-electron chi connectivity index (χ4n) is 1.65. The number of hydrogen-bond donors (Lipinski definition) is 1. The van der Waals surface area contributed by atoms with E-state index in [4.69, 9.17) is 4.74 Å². The van der Waals surface area contributed by atoms with Gasteiger partial charge in [-0.2, -0.15) is 5.10 Å². The maximum Gasteiger partial charge on any atom is 0.219 e. The van der Waals surface area contributed by atoms with Crippen LogP contribution >= 0.6 is 0 Å². The van der Waals surface area contributed by atoms with Crippen LogP contribution in [0, 0.1) is 0 Å². The smallest absolute Gasteiger partial charge is 0.219 e. The summed E-state index contributed by atoms with van der Waals surface area (Å²) in [6, 6.07) is 3.50. The van der Waals surface area contributed by atoms with Crippen LogP contribution in [-0.2, 0) is 6.54 Å². The Kier molecular flexibility index (Phi) is 3.34. The molecule has 0 spiro atoms. The Morgan fingerprint density at radius 1 is 1.47 bits per heavy atom. The molecule has 2 aromatic heterocycles. The molecular formula is C11H14N4O2. The van der Waals surface area contributed by atoms with Gasteiger partial charge in [0.15, 0.2) is 5.82 Å². The molecule has 90 valence electrons. The monoisotopic (exact) mass is 234 g/mol. The standard InChI is InChI=1S/C11H14N4O2/c1-3-15-10(13-7-14-15)9(16)8-5-4-6-12-11(8)17-2/h4-7,9,16H,3H2,1-2H3. The number of aryl methyl sites for hydroxylation is 1. The molecule has 0 saturated heterocycles. The first kappa shape index (κ1) is 11.5. The Hall–Kier alpha value is -1.95. The van der Waals surface area contributed by atoms with Gasteiger partial charge in [-0.3, -0.25) is 0 Å². The predicted molar refractivity (Wildman–Crippen MR) is 60.5 cm³/mol. The highest BCUT2D eigenvalue weighted by Crippen LogP contribution is 2.26. The molecular weight excluding hydrogens is 220 g/mol. The van der Waals surface area contributed by atoms with Gasteiger partial charge in [-0.15, -0.1) is 0 Å². The summed E-state index contributed by atoms with van der Waals surface area (Å²) in [4.78, 5) is 8.10. The van der Waals surface area contributed by atoms with Crippen molar-refractivity contribution in [1.29, 1.82) is 0 Å². The highest BCUT2D eigenvalue weighted by Gasteiger charge is 2.20. The van der Waals surface area contributed by atoms with E-state index in [9.17, 15) is 5.11 Å². The van der Waals surface area contributed by atoms with Crippen LogP contribution in [0.4, 0.5) is 0 Å². The Bertz CT molecular complexity index is 498. The van der Waals surface area contributed by atoms with Crippen LogP contribution in [0.15, 0.2) is 24.7 Å². The van der Waals surface area contributed by atoms with Gasteiger partial charge in [0, 0.05) is 12.7 Å². The molecule has 0 radical (unpaired) electrons. The van der Waals surface area contributed by atoms with E-state index < -0.39 is 6.10 Å². The average molecular weight is 234 g/mol. The second-order valence-electron chi connectivity index (χ2n) is 3.44. The average Bonchev–Trinajstić information content (AvgIpc) is 2.86. The second kappa shape index (κ2) is 4.92. The topological polar surface area (TPSA) is 73.1 Å². The quantitative estimate of drug-likeness (QED) is 0.846. The zero-order valence-electron chi connectivity index (χ0n) is 9.74. The van der Waals surface area contributed by atoms with Gasteiger partial charge in [0.1, 0.15) is 12.4 Å². The SMILES string of the molecule is CCn1ncnc1C(O)c1cccnc1OC. The van der Waals surface area contributed by atoms with Crippen molar-refractivity contribution in [2.45, 2.75) is 19.6 Å². The number of ether oxygens (including phenoxy) is 1. The zero-order valence-corrected chi connectivity index (χ0v) is 9.74. The zero-order chi connectivity index (χ0) is 12.3. The first-order chi connectivity index (χ1) is 8.27. The van der Waals surface area contributed by atoms with E-state index in [1.54, 1.807) is 23.0 Å². The van der Waals surface area contributed by atoms with E-state index in [1.165, 1.54) is 13.4 Å². The van der Waals surface area contributed by atoms with Crippen molar-refractivity contribution < 1.29 is 9.84 Å². The number of methoxy groups -OCH3 is 1. The largest absolute Gasteiger partial charge is 0.481 e. The maximum absolute atomic E-state index is 10.3. The summed E-state index contributed by atoms with van der Waals surface area (Å²) < 4.78 is 6.75. The van der Waals surface area contributed by atoms with Crippen LogP contribution in [0.25, 0.3) is 0 Å². The third-order valence-electron chi connectivity index (χ3n) is 2.48. The number of nitrogens with zero attached hydrogens (tertiary/aromatic N) is 4. The molecule has 0 amide bonds. The molecule has 6 heteroatoms. The second-order valence-corrected chi connectivity index (χ2v) is 3.44. The summed E-state index contributed by atoms with van der Waals surface area (Å²) >= 11 is 0. The lowest BCUT2D eigenvalue weighted by atomic mass is 10.1. The van der Waals surface area contributed by atoms with Crippen LogP contribution in [0.1, 0.15) is 24.4 Å². The molecule has 6 nitrogen and oxygen atoms in total. The van der Waals surface area contributed by atoms with E-state index >= 15 is 0 Å². The van der Waals surface area contributed by atoms with E-state index in [2.05, 4.69) is 15.1 Å². The molecule has 1 atom stereocenters. The van der Waals surface area contributed by atoms with E-state index in [1.807, 2.05) is 6.92 Å². The van der Waals surface area contributed by atoms with Crippen molar-refractivity contribution in [2.75, 3.05) is 7.11 Å². The first-order valence-electron chi connectivity index (χ1n) is 5.32. The van der Waals surface area contributed by atoms with Crippen LogP contribution in [-0.4, -0.2) is 32.0 Å². The fourth-order valence-corrected chi connectivity index (χ4v) is 1.65. The Morgan fingerprint density at radius 3 is 3.00 bits per heavy atom. The number of hydrogen-bond acceptors (Lipinski definition) is 5. The fraction of sp³-hybridized carbons (Fsp3) is 0.364. The Labute approximate surface area is 98.9 Å². The highest BCUT2D eigenvalue weighted by molar-refractivity contribution is 5.31. The van der Waals surface area contributed by atoms with E-state index in [-0.39, 0.29) is 0 Å². The number of aromatic nitrogens is 4. The molecule has 17 heavy (non-hydrogen) atoms. The molecule has 2 aromatic rings. The molecule has 0 aromatic carbocycles. The van der Waals surface area contributed by atoms with Crippen molar-refractivity contribution in [1.82, 2.24) is 19.7 Å². The summed E-state index contributed by atoms with van der Waals surface area (Å²) in [7, 11) is 1.52. The Morgan fingerprint density at radius 2 is 2.29 bits per heavy atom. The molecule has 0 aliphatic carbocycles. The van der Waals surface area contributed by atoms with Crippen molar-refractivity contribution >= 4 is 0 Å². The van der Waals surface area contributed by atoms with Crippen LogP contribution in [0.5, 0.6) is 5.88 Å². The molecule has 2 heterocycles. The molecule has 1 N–H and O–H groups in total. The summed E-state index contributed by atoms with van der Waals surface area (Å²) in [5.74, 6) is 0.879. The normalized spacial score (nSPS) is 12.4. The molecule has 0 aliphatic rings. The number of rotatable bonds is 4. The molecule has 0 fully saturated rings. The van der Waals surface area contributed by atoms with E-state index in [0.717, 1.165) is 0 Å². The minimum atomic E-state index is -0.888. The van der Waals surface area contributed by atoms with Crippen molar-refractivity contribution in [3.05, 3.63) is 36.0 Å². The predicted octanol–water partition coefficient (Wildman–Crippen LogP) is 0.783. The minimum absolute atomic E-state index is 0.394. The van der Waals surface area contributed by atoms with Crippen LogP contribution in [0.2, 0.25) is 0 Å². The third kappa shape index (κ3) is 2.12. The molecule has 2 rings (SSSR count). The van der Waals surface area contributed by atoms with Gasteiger partial charge in [0.05, 0.1) is 12.7 Å². The van der Waals surface area contributed by atoms with Gasteiger partial charge in [-0.25, -0.2) is 14.6 Å². The summed E-state index contributed by atoms with van der Waals surface area (Å²) in [6.07, 6.45) is 2.14. The lowest BCUT2D eigenvalue weighted by Crippen LogP contribution is -2.11. The van der Waals surface area contributed by atoms with E-state index in [0.29, 0.717) is 23.8 Å². The van der Waals surface area contributed by atoms with Crippen molar-refractivity contribution in [3.8, 4) is 5.88 Å². The highest BCUT2D eigenvalue weighted by atomic mass is 16.5. The molecule has 0 saturated carbocycles. The molecule has 0 aliphatic heterocycles. The molecule has 1 unspecified atom stereocenters. The lowest BCUT2D eigenvalue weighted by molar-refractivity contribution is 0.196. The molecule has 0 bridgehead atoms.